The molecule has 2 aromatic heterocycles. The number of amides is 4. The van der Waals surface area contributed by atoms with Gasteiger partial charge in [-0.2, -0.15) is 5.26 Å². The molecule has 4 atom stereocenters. The van der Waals surface area contributed by atoms with E-state index >= 15 is 0 Å². The average molecular weight is 965 g/mol. The number of benzene rings is 2. The van der Waals surface area contributed by atoms with E-state index in [1.165, 1.54) is 4.90 Å². The Kier molecular flexibility index (Phi) is 15.1. The second kappa shape index (κ2) is 20.5. The number of aliphatic hydroxyl groups is 1. The molecule has 2 saturated heterocycles. The van der Waals surface area contributed by atoms with Crippen molar-refractivity contribution in [3.05, 3.63) is 101 Å². The molecular formula is C52H66ClN9O7. The number of rotatable bonds is 15. The number of hydrogen-bond donors (Lipinski definition) is 4. The Morgan fingerprint density at radius 1 is 0.986 bits per heavy atom. The van der Waals surface area contributed by atoms with Gasteiger partial charge in [0, 0.05) is 73.3 Å². The van der Waals surface area contributed by atoms with Gasteiger partial charge in [0.05, 0.1) is 34.9 Å². The van der Waals surface area contributed by atoms with Gasteiger partial charge in [0.15, 0.2) is 0 Å². The van der Waals surface area contributed by atoms with Crippen LogP contribution in [0.5, 0.6) is 5.75 Å². The predicted molar refractivity (Wildman–Crippen MR) is 262 cm³/mol. The molecule has 368 valence electrons. The molecule has 0 spiro atoms. The van der Waals surface area contributed by atoms with Crippen LogP contribution in [0.2, 0.25) is 5.02 Å². The molecule has 1 saturated carbocycles. The van der Waals surface area contributed by atoms with Gasteiger partial charge in [-0.1, -0.05) is 72.2 Å². The molecule has 16 nitrogen and oxygen atoms in total. The van der Waals surface area contributed by atoms with Crippen LogP contribution in [-0.2, 0) is 19.1 Å². The summed E-state index contributed by atoms with van der Waals surface area (Å²) in [4.78, 5) is 67.2. The number of nitriles is 1. The summed E-state index contributed by atoms with van der Waals surface area (Å²) in [6.45, 7) is 19.1. The second-order valence-electron chi connectivity index (χ2n) is 21.1. The number of ether oxygens (including phenoxy) is 2. The van der Waals surface area contributed by atoms with Gasteiger partial charge in [-0.25, -0.2) is 9.97 Å². The number of aromatic nitrogens is 3. The van der Waals surface area contributed by atoms with Crippen molar-refractivity contribution in [2.45, 2.75) is 118 Å². The van der Waals surface area contributed by atoms with Crippen molar-refractivity contribution in [2.75, 3.05) is 37.7 Å². The number of imidazole rings is 1. The van der Waals surface area contributed by atoms with Gasteiger partial charge in [0.1, 0.15) is 48.3 Å². The third-order valence-electron chi connectivity index (χ3n) is 14.1. The minimum atomic E-state index is -0.968. The van der Waals surface area contributed by atoms with Gasteiger partial charge >= 0.3 is 0 Å². The van der Waals surface area contributed by atoms with E-state index in [0.29, 0.717) is 28.5 Å². The Balaban J connectivity index is 0.850. The highest BCUT2D eigenvalue weighted by atomic mass is 35.5. The van der Waals surface area contributed by atoms with Crippen LogP contribution < -0.4 is 25.6 Å². The number of aryl methyl sites for hydroxylation is 1. The summed E-state index contributed by atoms with van der Waals surface area (Å²) >= 11 is 6.25. The molecule has 2 aromatic carbocycles. The van der Waals surface area contributed by atoms with Crippen molar-refractivity contribution in [1.82, 2.24) is 35.4 Å². The smallest absolute Gasteiger partial charge is 0.253 e. The summed E-state index contributed by atoms with van der Waals surface area (Å²) in [5.74, 6) is 0.939. The Labute approximate surface area is 410 Å². The number of pyridine rings is 1. The molecule has 4 N–H and O–H groups in total. The van der Waals surface area contributed by atoms with E-state index < -0.39 is 46.2 Å². The molecule has 7 rings (SSSR count). The summed E-state index contributed by atoms with van der Waals surface area (Å²) < 4.78 is 14.2. The lowest BCUT2D eigenvalue weighted by atomic mass is 9.49. The van der Waals surface area contributed by atoms with Gasteiger partial charge in [0.25, 0.3) is 5.91 Å². The van der Waals surface area contributed by atoms with E-state index in [9.17, 15) is 29.5 Å². The minimum Gasteiger partial charge on any atom is -0.489 e. The Bertz CT molecular complexity index is 2530. The molecule has 4 amide bonds. The maximum Gasteiger partial charge on any atom is 0.253 e. The van der Waals surface area contributed by atoms with Crippen LogP contribution in [0.1, 0.15) is 108 Å². The number of likely N-dealkylation sites (tertiary alicyclic amines) is 1. The Hall–Kier alpha value is -6.02. The van der Waals surface area contributed by atoms with Crippen molar-refractivity contribution >= 4 is 41.0 Å². The lowest BCUT2D eigenvalue weighted by molar-refractivity contribution is -0.164. The molecule has 0 bridgehead atoms. The highest BCUT2D eigenvalue weighted by molar-refractivity contribution is 6.31. The average Bonchev–Trinajstić information content (AvgIpc) is 3.93. The zero-order valence-corrected chi connectivity index (χ0v) is 41.8. The number of halogens is 1. The fraction of sp³-hybridized carbons (Fsp3) is 0.519. The normalized spacial score (nSPS) is 21.9. The van der Waals surface area contributed by atoms with Gasteiger partial charge in [-0.3, -0.25) is 19.2 Å². The second-order valence-corrected chi connectivity index (χ2v) is 21.5. The van der Waals surface area contributed by atoms with Crippen molar-refractivity contribution in [3.63, 3.8) is 0 Å². The molecule has 4 aromatic rings. The first-order chi connectivity index (χ1) is 32.6. The van der Waals surface area contributed by atoms with E-state index in [1.807, 2.05) is 75.7 Å². The van der Waals surface area contributed by atoms with Crippen molar-refractivity contribution in [3.8, 4) is 17.5 Å². The number of carbonyl (C=O) groups is 4. The number of nitrogens with one attached hydrogen (secondary N) is 3. The number of aliphatic hydroxyl groups excluding tert-OH is 1. The molecule has 3 fully saturated rings. The molecule has 4 heterocycles. The number of hydrogen-bond acceptors (Lipinski definition) is 11. The van der Waals surface area contributed by atoms with Crippen molar-refractivity contribution < 1.29 is 33.8 Å². The summed E-state index contributed by atoms with van der Waals surface area (Å²) in [6, 6.07) is 16.1. The third kappa shape index (κ3) is 11.2. The molecule has 3 aliphatic rings. The van der Waals surface area contributed by atoms with E-state index in [2.05, 4.69) is 64.6 Å². The fourth-order valence-electron chi connectivity index (χ4n) is 10.5. The van der Waals surface area contributed by atoms with E-state index in [4.69, 9.17) is 21.1 Å². The van der Waals surface area contributed by atoms with Gasteiger partial charge < -0.3 is 44.9 Å². The van der Waals surface area contributed by atoms with Crippen molar-refractivity contribution in [1.29, 1.82) is 5.26 Å². The van der Waals surface area contributed by atoms with Gasteiger partial charge in [-0.05, 0) is 80.0 Å². The molecular weight excluding hydrogens is 898 g/mol. The Morgan fingerprint density at radius 2 is 1.68 bits per heavy atom. The standard InChI is InChI=1S/C52H66ClN9O7/c1-31(34-10-14-37(15-11-34)61-23-20-55-32(61)2)57-46(66)41-24-38(63)28-62(41)47(67)44(50(3,4)5)58-43(64)30-68-29-33-18-21-60(22-19-33)42-17-13-36(27-56-42)45(65)59-48-51(6,7)49(52(48,8)9)69-39-16-12-35(26-54)40(53)25-39/h10-17,20,23,25,27,31,33,38,41,44,48-49,63H,18-19,21-22,24,28-30H2,1-9H3,(H,57,66)(H,58,64)(H,59,65)/t31?,38-,41+,44?,48?,49?/m1/s1. The summed E-state index contributed by atoms with van der Waals surface area (Å²) in [5.41, 5.74) is 1.15. The topological polar surface area (TPSA) is 204 Å². The van der Waals surface area contributed by atoms with Gasteiger partial charge in [-0.15, -0.1) is 0 Å². The SMILES string of the molecule is Cc1nccn1-c1ccc(C(C)NC(=O)[C@@H]2C[C@@H](O)CN2C(=O)C(NC(=O)COCC2CCN(c3ccc(C(=O)NC4C(C)(C)C(Oc5ccc(C#N)c(Cl)c5)C4(C)C)cn3)CC2)C(C)(C)C)cc1. The van der Waals surface area contributed by atoms with Crippen LogP contribution in [-0.4, -0.2) is 111 Å². The van der Waals surface area contributed by atoms with Crippen LogP contribution in [0.25, 0.3) is 5.69 Å². The Morgan fingerprint density at radius 3 is 2.28 bits per heavy atom. The van der Waals surface area contributed by atoms with Crippen LogP contribution in [0, 0.1) is 40.4 Å². The number of β-amino-alcohol motifs (C(OH)–C–C–N with tert-alkyl or cyclic N) is 1. The monoisotopic (exact) mass is 963 g/mol. The highest BCUT2D eigenvalue weighted by Crippen LogP contribution is 2.55. The quantitative estimate of drug-likeness (QED) is 0.104. The van der Waals surface area contributed by atoms with E-state index in [1.54, 1.807) is 36.7 Å². The zero-order chi connectivity index (χ0) is 50.0. The highest BCUT2D eigenvalue weighted by Gasteiger charge is 2.64. The molecule has 69 heavy (non-hydrogen) atoms. The minimum absolute atomic E-state index is 0.0224. The summed E-state index contributed by atoms with van der Waals surface area (Å²) in [5, 5.41) is 29.4. The third-order valence-corrected chi connectivity index (χ3v) is 14.4. The molecule has 2 aliphatic heterocycles. The molecule has 2 unspecified atom stereocenters. The lowest BCUT2D eigenvalue weighted by Crippen LogP contribution is -2.74. The maximum atomic E-state index is 14.2. The van der Waals surface area contributed by atoms with Crippen molar-refractivity contribution in [2.24, 2.45) is 22.2 Å². The number of nitrogens with zero attached hydrogens (tertiary/aromatic N) is 6. The van der Waals surface area contributed by atoms with E-state index in [0.717, 1.165) is 48.8 Å². The largest absolute Gasteiger partial charge is 0.489 e. The maximum absolute atomic E-state index is 14.2. The number of piperidine rings is 1. The number of carbonyl (C=O) groups excluding carboxylic acids is 4. The predicted octanol–water partition coefficient (Wildman–Crippen LogP) is 6.32. The first-order valence-electron chi connectivity index (χ1n) is 23.7. The van der Waals surface area contributed by atoms with Crippen LogP contribution in [0.15, 0.2) is 73.2 Å². The molecule has 1 aliphatic carbocycles. The first kappa shape index (κ1) is 50.8. The molecule has 17 heteroatoms. The van der Waals surface area contributed by atoms with Gasteiger partial charge in [0.2, 0.25) is 17.7 Å². The summed E-state index contributed by atoms with van der Waals surface area (Å²) in [6.07, 6.45) is 5.83. The van der Waals surface area contributed by atoms with E-state index in [-0.39, 0.29) is 55.5 Å². The van der Waals surface area contributed by atoms with Crippen LogP contribution in [0.3, 0.4) is 0 Å². The first-order valence-corrected chi connectivity index (χ1v) is 24.1. The van der Waals surface area contributed by atoms with Crippen LogP contribution in [0.4, 0.5) is 5.82 Å². The zero-order valence-electron chi connectivity index (χ0n) is 41.1. The summed E-state index contributed by atoms with van der Waals surface area (Å²) in [7, 11) is 0. The lowest BCUT2D eigenvalue weighted by Gasteiger charge is -2.63. The fourth-order valence-corrected chi connectivity index (χ4v) is 10.7. The molecule has 0 radical (unpaired) electrons. The number of anilines is 1. The van der Waals surface area contributed by atoms with Crippen LogP contribution >= 0.6 is 11.6 Å².